The molecule has 1 saturated heterocycles. The van der Waals surface area contributed by atoms with E-state index >= 15 is 0 Å². The molecule has 1 amide bonds. The average molecular weight is 323 g/mol. The Hall–Kier alpha value is -1.64. The number of carbonyl (C=O) groups excluding carboxylic acids is 1. The van der Waals surface area contributed by atoms with E-state index in [2.05, 4.69) is 11.6 Å². The zero-order chi connectivity index (χ0) is 15.4. The van der Waals surface area contributed by atoms with E-state index in [1.54, 1.807) is 5.51 Å². The van der Waals surface area contributed by atoms with Crippen LogP contribution in [0.4, 0.5) is 0 Å². The highest BCUT2D eigenvalue weighted by Gasteiger charge is 2.61. The first kappa shape index (κ1) is 14.3. The molecule has 2 aliphatic heterocycles. The van der Waals surface area contributed by atoms with Gasteiger partial charge in [0.2, 0.25) is 0 Å². The quantitative estimate of drug-likeness (QED) is 0.637. The SMILES string of the molecule is C=CC1(N)C(=O)N2C(C(=O)O)=C(c3scnc3C)CS[C@H]21. The lowest BCUT2D eigenvalue weighted by molar-refractivity contribution is -0.151. The molecule has 2 aliphatic rings. The predicted molar refractivity (Wildman–Crippen MR) is 81.6 cm³/mol. The Morgan fingerprint density at radius 1 is 1.71 bits per heavy atom. The van der Waals surface area contributed by atoms with Crippen LogP contribution in [0.3, 0.4) is 0 Å². The summed E-state index contributed by atoms with van der Waals surface area (Å²) in [4.78, 5) is 30.2. The van der Waals surface area contributed by atoms with Crippen LogP contribution in [0, 0.1) is 6.92 Å². The van der Waals surface area contributed by atoms with E-state index in [0.717, 1.165) is 10.6 Å². The number of β-lactam (4-membered cyclic amide) rings is 1. The van der Waals surface area contributed by atoms with Gasteiger partial charge in [-0.15, -0.1) is 29.7 Å². The molecule has 3 N–H and O–H groups in total. The molecule has 3 heterocycles. The number of nitrogens with two attached hydrogens (primary N) is 1. The Morgan fingerprint density at radius 2 is 2.43 bits per heavy atom. The summed E-state index contributed by atoms with van der Waals surface area (Å²) in [5, 5.41) is 9.13. The summed E-state index contributed by atoms with van der Waals surface area (Å²) in [7, 11) is 0. The van der Waals surface area contributed by atoms with Gasteiger partial charge in [-0.3, -0.25) is 9.69 Å². The zero-order valence-electron chi connectivity index (χ0n) is 11.2. The lowest BCUT2D eigenvalue weighted by atomic mass is 9.87. The molecule has 110 valence electrons. The van der Waals surface area contributed by atoms with Crippen molar-refractivity contribution in [2.45, 2.75) is 17.8 Å². The third-order valence-corrected chi connectivity index (χ3v) is 6.06. The van der Waals surface area contributed by atoms with E-state index in [0.29, 0.717) is 11.3 Å². The smallest absolute Gasteiger partial charge is 0.353 e. The second-order valence-electron chi connectivity index (χ2n) is 4.87. The van der Waals surface area contributed by atoms with Gasteiger partial charge >= 0.3 is 5.97 Å². The molecule has 1 unspecified atom stereocenters. The van der Waals surface area contributed by atoms with Gasteiger partial charge in [-0.1, -0.05) is 6.08 Å². The topological polar surface area (TPSA) is 96.5 Å². The highest BCUT2D eigenvalue weighted by Crippen LogP contribution is 2.48. The summed E-state index contributed by atoms with van der Waals surface area (Å²) in [5.74, 6) is -1.07. The van der Waals surface area contributed by atoms with Crippen molar-refractivity contribution in [3.8, 4) is 0 Å². The number of amides is 1. The first-order valence-corrected chi connectivity index (χ1v) is 8.09. The van der Waals surface area contributed by atoms with Gasteiger partial charge in [-0.05, 0) is 6.92 Å². The maximum absolute atomic E-state index is 12.3. The molecule has 21 heavy (non-hydrogen) atoms. The minimum atomic E-state index is -1.18. The first-order chi connectivity index (χ1) is 9.91. The van der Waals surface area contributed by atoms with Crippen molar-refractivity contribution in [2.75, 3.05) is 5.75 Å². The fourth-order valence-corrected chi connectivity index (χ4v) is 4.93. The van der Waals surface area contributed by atoms with Crippen LogP contribution >= 0.6 is 23.1 Å². The summed E-state index contributed by atoms with van der Waals surface area (Å²) >= 11 is 2.83. The van der Waals surface area contributed by atoms with Crippen molar-refractivity contribution in [3.63, 3.8) is 0 Å². The Bertz CT molecular complexity index is 697. The van der Waals surface area contributed by atoms with Crippen LogP contribution in [0.15, 0.2) is 23.9 Å². The minimum absolute atomic E-state index is 0.0130. The fraction of sp³-hybridized carbons (Fsp3) is 0.308. The Kier molecular flexibility index (Phi) is 3.19. The molecule has 2 atom stereocenters. The molecule has 3 rings (SSSR count). The van der Waals surface area contributed by atoms with Gasteiger partial charge in [0.25, 0.3) is 5.91 Å². The zero-order valence-corrected chi connectivity index (χ0v) is 12.8. The van der Waals surface area contributed by atoms with Crippen molar-refractivity contribution in [1.29, 1.82) is 0 Å². The van der Waals surface area contributed by atoms with Gasteiger partial charge in [-0.2, -0.15) is 0 Å². The molecule has 0 spiro atoms. The number of carbonyl (C=O) groups is 2. The highest BCUT2D eigenvalue weighted by atomic mass is 32.2. The van der Waals surface area contributed by atoms with Gasteiger partial charge < -0.3 is 10.8 Å². The van der Waals surface area contributed by atoms with E-state index in [1.807, 2.05) is 6.92 Å². The molecule has 1 aromatic rings. The van der Waals surface area contributed by atoms with Crippen molar-refractivity contribution in [1.82, 2.24) is 9.88 Å². The fourth-order valence-electron chi connectivity index (χ4n) is 2.56. The molecule has 0 saturated carbocycles. The molecule has 0 bridgehead atoms. The summed E-state index contributed by atoms with van der Waals surface area (Å²) in [5.41, 5.74) is 7.90. The molecule has 6 nitrogen and oxygen atoms in total. The maximum atomic E-state index is 12.3. The monoisotopic (exact) mass is 323 g/mol. The van der Waals surface area contributed by atoms with Crippen LogP contribution in [0.25, 0.3) is 5.57 Å². The van der Waals surface area contributed by atoms with Crippen LogP contribution in [0.2, 0.25) is 0 Å². The number of hydrogen-bond acceptors (Lipinski definition) is 6. The summed E-state index contributed by atoms with van der Waals surface area (Å²) in [6.07, 6.45) is 1.39. The van der Waals surface area contributed by atoms with Crippen molar-refractivity contribution >= 4 is 40.5 Å². The molecule has 0 aromatic carbocycles. The number of carboxylic acid groups (broad SMARTS) is 1. The number of hydrogen-bond donors (Lipinski definition) is 2. The van der Waals surface area contributed by atoms with Crippen LogP contribution < -0.4 is 5.73 Å². The van der Waals surface area contributed by atoms with E-state index in [1.165, 1.54) is 34.1 Å². The number of rotatable bonds is 3. The molecule has 0 aliphatic carbocycles. The maximum Gasteiger partial charge on any atom is 0.353 e. The average Bonchev–Trinajstić information content (AvgIpc) is 2.90. The minimum Gasteiger partial charge on any atom is -0.477 e. The number of aryl methyl sites for hydroxylation is 1. The second kappa shape index (κ2) is 4.69. The number of thioether (sulfide) groups is 1. The largest absolute Gasteiger partial charge is 0.477 e. The lowest BCUT2D eigenvalue weighted by Gasteiger charge is -2.54. The number of carboxylic acids is 1. The van der Waals surface area contributed by atoms with Crippen molar-refractivity contribution in [3.05, 3.63) is 34.4 Å². The molecular weight excluding hydrogens is 310 g/mol. The molecule has 0 radical (unpaired) electrons. The van der Waals surface area contributed by atoms with Gasteiger partial charge in [0.1, 0.15) is 16.6 Å². The van der Waals surface area contributed by atoms with E-state index in [-0.39, 0.29) is 5.70 Å². The highest BCUT2D eigenvalue weighted by molar-refractivity contribution is 8.00. The number of aliphatic carboxylic acids is 1. The lowest BCUT2D eigenvalue weighted by Crippen LogP contribution is -2.76. The first-order valence-electron chi connectivity index (χ1n) is 6.16. The van der Waals surface area contributed by atoms with Gasteiger partial charge in [0, 0.05) is 11.3 Å². The van der Waals surface area contributed by atoms with Gasteiger partial charge in [-0.25, -0.2) is 9.78 Å². The Labute approximate surface area is 129 Å². The van der Waals surface area contributed by atoms with E-state index in [9.17, 15) is 14.7 Å². The van der Waals surface area contributed by atoms with Crippen LogP contribution in [-0.4, -0.2) is 43.5 Å². The molecule has 1 fully saturated rings. The number of aromatic nitrogens is 1. The molecular formula is C13H13N3O3S2. The normalized spacial score (nSPS) is 28.2. The van der Waals surface area contributed by atoms with Gasteiger partial charge in [0.05, 0.1) is 16.1 Å². The molecule has 8 heteroatoms. The van der Waals surface area contributed by atoms with E-state index in [4.69, 9.17) is 5.73 Å². The van der Waals surface area contributed by atoms with Crippen molar-refractivity contribution in [2.24, 2.45) is 5.73 Å². The third kappa shape index (κ3) is 1.79. The van der Waals surface area contributed by atoms with Gasteiger partial charge in [0.15, 0.2) is 0 Å². The van der Waals surface area contributed by atoms with Crippen LogP contribution in [0.1, 0.15) is 10.6 Å². The summed E-state index contributed by atoms with van der Waals surface area (Å²) in [6, 6.07) is 0. The van der Waals surface area contributed by atoms with Crippen molar-refractivity contribution < 1.29 is 14.7 Å². The third-order valence-electron chi connectivity index (χ3n) is 3.70. The molecule has 1 aromatic heterocycles. The number of fused-ring (bicyclic) bond motifs is 1. The Balaban J connectivity index is 2.13. The second-order valence-corrected chi connectivity index (χ2v) is 6.80. The standard InChI is InChI=1S/C13H13N3O3S2/c1-3-13(14)11(19)16-8(10(17)18)7(4-20-12(13)16)9-6(2)15-5-21-9/h3,5,12H,1,4,14H2,2H3,(H,17,18)/t12-,13?/m0/s1. The van der Waals surface area contributed by atoms with Crippen LogP contribution in [0.5, 0.6) is 0 Å². The van der Waals surface area contributed by atoms with E-state index < -0.39 is 22.8 Å². The predicted octanol–water partition coefficient (Wildman–Crippen LogP) is 1.05. The number of nitrogens with zero attached hydrogens (tertiary/aromatic N) is 2. The summed E-state index contributed by atoms with van der Waals surface area (Å²) in [6.45, 7) is 5.41. The van der Waals surface area contributed by atoms with Crippen LogP contribution in [-0.2, 0) is 9.59 Å². The Morgan fingerprint density at radius 3 is 2.95 bits per heavy atom. The summed E-state index contributed by atoms with van der Waals surface area (Å²) < 4.78 is 0. The number of thiazole rings is 1.